The van der Waals surface area contributed by atoms with Gasteiger partial charge in [0.05, 0.1) is 0 Å². The highest BCUT2D eigenvalue weighted by Gasteiger charge is 1.82. The van der Waals surface area contributed by atoms with Gasteiger partial charge in [-0.25, -0.2) is 4.79 Å². The summed E-state index contributed by atoms with van der Waals surface area (Å²) in [7, 11) is 0. The molecule has 12 heavy (non-hydrogen) atoms. The number of carboxylic acid groups (broad SMARTS) is 1. The van der Waals surface area contributed by atoms with E-state index < -0.39 is 5.97 Å². The summed E-state index contributed by atoms with van der Waals surface area (Å²) in [6.45, 7) is 4.79. The summed E-state index contributed by atoms with van der Waals surface area (Å²) in [6, 6.07) is 0. The van der Waals surface area contributed by atoms with E-state index in [1.54, 1.807) is 12.2 Å². The minimum absolute atomic E-state index is 0.563. The number of hydrogen-bond acceptors (Lipinski definition) is 2. The molecule has 0 radical (unpaired) electrons. The van der Waals surface area contributed by atoms with Gasteiger partial charge in [-0.3, -0.25) is 0 Å². The summed E-state index contributed by atoms with van der Waals surface area (Å²) in [4.78, 5) is 9.99. The lowest BCUT2D eigenvalue weighted by Crippen LogP contribution is -2.13. The molecule has 0 aliphatic rings. The van der Waals surface area contributed by atoms with Crippen molar-refractivity contribution in [1.29, 1.82) is 0 Å². The molecule has 0 atom stereocenters. The van der Waals surface area contributed by atoms with Crippen LogP contribution < -0.4 is 5.32 Å². The molecule has 0 unspecified atom stereocenters. The van der Waals surface area contributed by atoms with Crippen molar-refractivity contribution in [3.8, 4) is 0 Å². The van der Waals surface area contributed by atoms with Crippen LogP contribution in [0.4, 0.5) is 0 Å². The Bertz CT molecular complexity index is 195. The summed E-state index contributed by atoms with van der Waals surface area (Å²) in [5, 5.41) is 11.2. The van der Waals surface area contributed by atoms with Gasteiger partial charge in [0.1, 0.15) is 0 Å². The normalized spacial score (nSPS) is 11.0. The summed E-state index contributed by atoms with van der Waals surface area (Å²) < 4.78 is 0. The van der Waals surface area contributed by atoms with Gasteiger partial charge in [-0.2, -0.15) is 0 Å². The zero-order chi connectivity index (χ0) is 9.23. The van der Waals surface area contributed by atoms with Gasteiger partial charge in [-0.15, -0.1) is 0 Å². The van der Waals surface area contributed by atoms with E-state index in [2.05, 4.69) is 11.9 Å². The Kier molecular flexibility index (Phi) is 6.88. The van der Waals surface area contributed by atoms with E-state index in [4.69, 9.17) is 5.11 Å². The molecule has 0 saturated carbocycles. The minimum atomic E-state index is -0.918. The second-order valence-corrected chi connectivity index (χ2v) is 2.06. The first kappa shape index (κ1) is 10.7. The monoisotopic (exact) mass is 167 g/mol. The Morgan fingerprint density at radius 2 is 2.08 bits per heavy atom. The van der Waals surface area contributed by atoms with Gasteiger partial charge in [0.15, 0.2) is 0 Å². The van der Waals surface area contributed by atoms with Crippen molar-refractivity contribution in [2.24, 2.45) is 0 Å². The third-order valence-corrected chi connectivity index (χ3v) is 1.06. The second kappa shape index (κ2) is 7.75. The van der Waals surface area contributed by atoms with Gasteiger partial charge in [0.25, 0.3) is 0 Å². The van der Waals surface area contributed by atoms with Crippen LogP contribution in [0.3, 0.4) is 0 Å². The Labute approximate surface area is 72.1 Å². The molecule has 0 aromatic rings. The predicted molar refractivity (Wildman–Crippen MR) is 49.0 cm³/mol. The molecule has 0 spiro atoms. The summed E-state index contributed by atoms with van der Waals surface area (Å²) in [5.74, 6) is -0.918. The molecule has 0 bridgehead atoms. The lowest BCUT2D eigenvalue weighted by Gasteiger charge is -1.92. The summed E-state index contributed by atoms with van der Waals surface area (Å²) in [5.41, 5.74) is 0. The molecule has 0 fully saturated rings. The van der Waals surface area contributed by atoms with Crippen LogP contribution in [0.15, 0.2) is 37.0 Å². The first-order valence-electron chi connectivity index (χ1n) is 3.65. The standard InChI is InChI=1S/C9H13NO2/c1-2-3-4-7-10-8-5-6-9(11)12/h2-6,10H,1,7-8H2,(H,11,12)/b4-3+,6-5+. The average molecular weight is 167 g/mol. The quantitative estimate of drug-likeness (QED) is 0.352. The highest BCUT2D eigenvalue weighted by Crippen LogP contribution is 1.73. The Hall–Kier alpha value is -1.35. The molecular weight excluding hydrogens is 154 g/mol. The van der Waals surface area contributed by atoms with Crippen molar-refractivity contribution in [2.45, 2.75) is 0 Å². The number of nitrogens with one attached hydrogen (secondary N) is 1. The van der Waals surface area contributed by atoms with Crippen LogP contribution in [0.1, 0.15) is 0 Å². The Morgan fingerprint density at radius 3 is 2.67 bits per heavy atom. The Balaban J connectivity index is 3.26. The number of carbonyl (C=O) groups is 1. The molecule has 3 heteroatoms. The van der Waals surface area contributed by atoms with Gasteiger partial charge in [-0.1, -0.05) is 30.9 Å². The van der Waals surface area contributed by atoms with Gasteiger partial charge in [-0.05, 0) is 0 Å². The molecule has 0 aliphatic carbocycles. The lowest BCUT2D eigenvalue weighted by molar-refractivity contribution is -0.131. The highest BCUT2D eigenvalue weighted by molar-refractivity contribution is 5.79. The molecule has 0 rings (SSSR count). The van der Waals surface area contributed by atoms with Crippen LogP contribution in [-0.2, 0) is 4.79 Å². The van der Waals surface area contributed by atoms with Crippen molar-refractivity contribution >= 4 is 5.97 Å². The smallest absolute Gasteiger partial charge is 0.328 e. The summed E-state index contributed by atoms with van der Waals surface area (Å²) >= 11 is 0. The topological polar surface area (TPSA) is 49.3 Å². The Morgan fingerprint density at radius 1 is 1.42 bits per heavy atom. The van der Waals surface area contributed by atoms with Crippen LogP contribution in [0.2, 0.25) is 0 Å². The number of aliphatic carboxylic acids is 1. The second-order valence-electron chi connectivity index (χ2n) is 2.06. The lowest BCUT2D eigenvalue weighted by atomic mass is 10.4. The first-order valence-corrected chi connectivity index (χ1v) is 3.65. The largest absolute Gasteiger partial charge is 0.478 e. The highest BCUT2D eigenvalue weighted by atomic mass is 16.4. The van der Waals surface area contributed by atoms with Crippen LogP contribution in [0, 0.1) is 0 Å². The van der Waals surface area contributed by atoms with E-state index in [1.165, 1.54) is 0 Å². The fourth-order valence-electron chi connectivity index (χ4n) is 0.574. The molecule has 2 N–H and O–H groups in total. The van der Waals surface area contributed by atoms with Crippen LogP contribution in [0.5, 0.6) is 0 Å². The third kappa shape index (κ3) is 8.65. The van der Waals surface area contributed by atoms with Crippen molar-refractivity contribution in [1.82, 2.24) is 5.32 Å². The zero-order valence-corrected chi connectivity index (χ0v) is 6.86. The maximum absolute atomic E-state index is 9.99. The molecular formula is C9H13NO2. The molecule has 66 valence electrons. The minimum Gasteiger partial charge on any atom is -0.478 e. The molecule has 3 nitrogen and oxygen atoms in total. The SMILES string of the molecule is C=C/C=C/CNC/C=C/C(=O)O. The fourth-order valence-corrected chi connectivity index (χ4v) is 0.574. The van der Waals surface area contributed by atoms with Gasteiger partial charge in [0.2, 0.25) is 0 Å². The average Bonchev–Trinajstić information content (AvgIpc) is 2.02. The van der Waals surface area contributed by atoms with Crippen molar-refractivity contribution in [2.75, 3.05) is 13.1 Å². The molecule has 0 saturated heterocycles. The molecule has 0 heterocycles. The van der Waals surface area contributed by atoms with E-state index in [0.717, 1.165) is 12.6 Å². The van der Waals surface area contributed by atoms with E-state index in [-0.39, 0.29) is 0 Å². The van der Waals surface area contributed by atoms with Crippen molar-refractivity contribution < 1.29 is 9.90 Å². The predicted octanol–water partition coefficient (Wildman–Crippen LogP) is 0.959. The van der Waals surface area contributed by atoms with Crippen LogP contribution in [0.25, 0.3) is 0 Å². The number of allylic oxidation sites excluding steroid dienone is 2. The maximum atomic E-state index is 9.99. The first-order chi connectivity index (χ1) is 5.77. The van der Waals surface area contributed by atoms with E-state index >= 15 is 0 Å². The number of carboxylic acids is 1. The van der Waals surface area contributed by atoms with Gasteiger partial charge >= 0.3 is 5.97 Å². The number of rotatable bonds is 6. The summed E-state index contributed by atoms with van der Waals surface area (Å²) in [6.07, 6.45) is 8.10. The third-order valence-electron chi connectivity index (χ3n) is 1.06. The maximum Gasteiger partial charge on any atom is 0.328 e. The van der Waals surface area contributed by atoms with Crippen LogP contribution in [-0.4, -0.2) is 24.2 Å². The molecule has 0 aromatic carbocycles. The molecule has 0 aliphatic heterocycles. The van der Waals surface area contributed by atoms with E-state index in [9.17, 15) is 4.79 Å². The van der Waals surface area contributed by atoms with Crippen LogP contribution >= 0.6 is 0 Å². The fraction of sp³-hybridized carbons (Fsp3) is 0.222. The van der Waals surface area contributed by atoms with E-state index in [1.807, 2.05) is 12.2 Å². The molecule has 0 amide bonds. The van der Waals surface area contributed by atoms with Crippen molar-refractivity contribution in [3.63, 3.8) is 0 Å². The van der Waals surface area contributed by atoms with Crippen molar-refractivity contribution in [3.05, 3.63) is 37.0 Å². The molecule has 0 aromatic heterocycles. The van der Waals surface area contributed by atoms with Gasteiger partial charge < -0.3 is 10.4 Å². The number of hydrogen-bond donors (Lipinski definition) is 2. The van der Waals surface area contributed by atoms with Gasteiger partial charge in [0, 0.05) is 19.2 Å². The zero-order valence-electron chi connectivity index (χ0n) is 6.86. The van der Waals surface area contributed by atoms with E-state index in [0.29, 0.717) is 6.54 Å².